The molecule has 2 N–H and O–H groups in total. The Labute approximate surface area is 272 Å². The van der Waals surface area contributed by atoms with Crippen LogP contribution in [0.3, 0.4) is 0 Å². The molecule has 1 aromatic heterocycles. The topological polar surface area (TPSA) is 128 Å². The smallest absolute Gasteiger partial charge is 0.508 e. The third kappa shape index (κ3) is 4.63. The number of rotatable bonds is 5. The quantitative estimate of drug-likeness (QED) is 0.182. The zero-order chi connectivity index (χ0) is 34.3. The standard InChI is InChI=1S/C32H24ClF4N5O6/c1-39-29(46)40-13-12-21-24(42(40)30(39)47)15-23-27(44)41(38-19-8-6-18(34)7-9-19)28(45)31(23,16-2-4-17(33)5-3-16)26(21)22-14-20(10-11-25(22)43)48-32(35,36)37/h2-12,14,23-24,26,38,43H,13,15H2,1H3/t23-,24+,26+,31+/m0/s1. The van der Waals surface area contributed by atoms with Crippen molar-refractivity contribution in [2.45, 2.75) is 36.7 Å². The van der Waals surface area contributed by atoms with Gasteiger partial charge in [-0.15, -0.1) is 13.2 Å². The molecule has 3 heterocycles. The molecule has 11 nitrogen and oxygen atoms in total. The highest BCUT2D eigenvalue weighted by atomic mass is 35.5. The number of nitrogens with zero attached hydrogens (tertiary/aromatic N) is 4. The molecular formula is C32H24ClF4N5O6. The van der Waals surface area contributed by atoms with Crippen LogP contribution in [0.5, 0.6) is 11.5 Å². The SMILES string of the molecule is Cn1c(=O)n2n(c1=O)[C@@H]1C[C@H]3C(=O)N(Nc4ccc(F)cc4)C(=O)[C@@]3(c3ccc(Cl)cc3)[C@@H](c3cc(OC(F)(F)F)ccc3O)C1=CC2. The van der Waals surface area contributed by atoms with Crippen molar-refractivity contribution in [3.63, 3.8) is 0 Å². The second-order valence-electron chi connectivity index (χ2n) is 11.7. The monoisotopic (exact) mass is 685 g/mol. The van der Waals surface area contributed by atoms with Gasteiger partial charge in [0, 0.05) is 23.6 Å². The number of phenols is 1. The Morgan fingerprint density at radius 2 is 1.67 bits per heavy atom. The summed E-state index contributed by atoms with van der Waals surface area (Å²) in [5.74, 6) is -6.09. The van der Waals surface area contributed by atoms with E-state index in [2.05, 4.69) is 10.2 Å². The lowest BCUT2D eigenvalue weighted by atomic mass is 9.53. The molecule has 7 rings (SSSR count). The Morgan fingerprint density at radius 1 is 0.979 bits per heavy atom. The van der Waals surface area contributed by atoms with Gasteiger partial charge in [0.2, 0.25) is 0 Å². The number of carbonyl (C=O) groups is 2. The maximum atomic E-state index is 15.0. The molecule has 2 amide bonds. The molecule has 48 heavy (non-hydrogen) atoms. The fraction of sp³-hybridized carbons (Fsp3) is 0.250. The minimum atomic E-state index is -5.10. The van der Waals surface area contributed by atoms with Crippen molar-refractivity contribution in [3.05, 3.63) is 121 Å². The average molecular weight is 686 g/mol. The first-order valence-electron chi connectivity index (χ1n) is 14.6. The van der Waals surface area contributed by atoms with Crippen LogP contribution in [0, 0.1) is 11.7 Å². The molecule has 4 aromatic rings. The highest BCUT2D eigenvalue weighted by Gasteiger charge is 2.69. The Hall–Kier alpha value is -5.31. The Balaban J connectivity index is 1.52. The summed E-state index contributed by atoms with van der Waals surface area (Å²) in [6, 6.07) is 12.6. The number of hydrogen-bond donors (Lipinski definition) is 2. The van der Waals surface area contributed by atoms with E-state index in [1.54, 1.807) is 6.08 Å². The number of amides is 2. The number of nitrogens with one attached hydrogen (secondary N) is 1. The van der Waals surface area contributed by atoms with Gasteiger partial charge in [0.25, 0.3) is 11.8 Å². The van der Waals surface area contributed by atoms with Crippen LogP contribution in [-0.4, -0.2) is 42.2 Å². The number of hydrogen-bond acceptors (Lipinski definition) is 7. The molecule has 1 saturated carbocycles. The molecule has 1 aliphatic carbocycles. The lowest BCUT2D eigenvalue weighted by Crippen LogP contribution is -2.53. The average Bonchev–Trinajstić information content (AvgIpc) is 3.39. The number of ether oxygens (including phenoxy) is 1. The van der Waals surface area contributed by atoms with Crippen LogP contribution in [0.15, 0.2) is 88.0 Å². The largest absolute Gasteiger partial charge is 0.573 e. The molecule has 2 aliphatic heterocycles. The Bertz CT molecular complexity index is 2140. The maximum Gasteiger partial charge on any atom is 0.573 e. The molecule has 16 heteroatoms. The van der Waals surface area contributed by atoms with E-state index in [9.17, 15) is 41.8 Å². The number of aromatic nitrogens is 3. The number of allylic oxidation sites excluding steroid dienone is 2. The maximum absolute atomic E-state index is 15.0. The summed E-state index contributed by atoms with van der Waals surface area (Å²) in [6.07, 6.45) is -3.72. The first-order chi connectivity index (χ1) is 22.7. The zero-order valence-electron chi connectivity index (χ0n) is 24.7. The number of aromatic hydroxyl groups is 1. The van der Waals surface area contributed by atoms with Crippen molar-refractivity contribution in [2.75, 3.05) is 5.43 Å². The van der Waals surface area contributed by atoms with E-state index in [1.165, 1.54) is 48.1 Å². The van der Waals surface area contributed by atoms with E-state index in [0.717, 1.165) is 44.6 Å². The molecule has 0 radical (unpaired) electrons. The first-order valence-corrected chi connectivity index (χ1v) is 14.9. The van der Waals surface area contributed by atoms with Crippen molar-refractivity contribution in [1.29, 1.82) is 0 Å². The van der Waals surface area contributed by atoms with Gasteiger partial charge in [-0.05, 0) is 72.2 Å². The Morgan fingerprint density at radius 3 is 2.33 bits per heavy atom. The Kier molecular flexibility index (Phi) is 7.09. The van der Waals surface area contributed by atoms with Crippen molar-refractivity contribution in [1.82, 2.24) is 18.9 Å². The van der Waals surface area contributed by atoms with E-state index in [1.807, 2.05) is 0 Å². The van der Waals surface area contributed by atoms with Crippen LogP contribution in [-0.2, 0) is 28.6 Å². The number of alkyl halides is 3. The summed E-state index contributed by atoms with van der Waals surface area (Å²) in [5, 5.41) is 12.3. The van der Waals surface area contributed by atoms with Crippen LogP contribution in [0.1, 0.15) is 29.5 Å². The minimum absolute atomic E-state index is 0.155. The van der Waals surface area contributed by atoms with Crippen LogP contribution in [0.4, 0.5) is 23.2 Å². The van der Waals surface area contributed by atoms with Crippen molar-refractivity contribution in [3.8, 4) is 11.5 Å². The van der Waals surface area contributed by atoms with Gasteiger partial charge >= 0.3 is 17.7 Å². The fourth-order valence-electron chi connectivity index (χ4n) is 7.33. The van der Waals surface area contributed by atoms with Gasteiger partial charge in [-0.25, -0.2) is 27.9 Å². The van der Waals surface area contributed by atoms with Crippen molar-refractivity contribution < 1.29 is 37.0 Å². The predicted molar refractivity (Wildman–Crippen MR) is 162 cm³/mol. The summed E-state index contributed by atoms with van der Waals surface area (Å²) in [6.45, 7) is -0.155. The third-order valence-corrected chi connectivity index (χ3v) is 9.51. The number of halogens is 5. The second-order valence-corrected chi connectivity index (χ2v) is 12.2. The van der Waals surface area contributed by atoms with Gasteiger partial charge in [-0.2, -0.15) is 5.01 Å². The lowest BCUT2D eigenvalue weighted by molar-refractivity contribution is -0.274. The van der Waals surface area contributed by atoms with E-state index >= 15 is 0 Å². The number of benzene rings is 3. The van der Waals surface area contributed by atoms with Crippen molar-refractivity contribution >= 4 is 29.1 Å². The van der Waals surface area contributed by atoms with Gasteiger partial charge in [0.05, 0.1) is 29.6 Å². The van der Waals surface area contributed by atoms with E-state index < -0.39 is 70.2 Å². The predicted octanol–water partition coefficient (Wildman–Crippen LogP) is 4.36. The fourth-order valence-corrected chi connectivity index (χ4v) is 7.46. The van der Waals surface area contributed by atoms with E-state index in [0.29, 0.717) is 5.57 Å². The molecule has 3 aliphatic rings. The lowest BCUT2D eigenvalue weighted by Gasteiger charge is -2.49. The highest BCUT2D eigenvalue weighted by molar-refractivity contribution is 6.30. The molecule has 1 saturated heterocycles. The molecule has 4 atom stereocenters. The molecule has 2 fully saturated rings. The molecule has 248 valence electrons. The van der Waals surface area contributed by atoms with E-state index in [-0.39, 0.29) is 34.8 Å². The van der Waals surface area contributed by atoms with Crippen LogP contribution < -0.4 is 21.5 Å². The molecular weight excluding hydrogens is 662 g/mol. The molecule has 0 bridgehead atoms. The van der Waals surface area contributed by atoms with Crippen LogP contribution in [0.25, 0.3) is 0 Å². The first kappa shape index (κ1) is 31.3. The van der Waals surface area contributed by atoms with Gasteiger partial charge in [-0.3, -0.25) is 15.0 Å². The number of imide groups is 1. The molecule has 0 unspecified atom stereocenters. The summed E-state index contributed by atoms with van der Waals surface area (Å²) in [7, 11) is 1.28. The normalized spacial score (nSPS) is 23.3. The highest BCUT2D eigenvalue weighted by Crippen LogP contribution is 2.63. The van der Waals surface area contributed by atoms with Crippen molar-refractivity contribution in [2.24, 2.45) is 13.0 Å². The summed E-state index contributed by atoms with van der Waals surface area (Å²) < 4.78 is 61.3. The number of fused-ring (bicyclic) bond motifs is 4. The minimum Gasteiger partial charge on any atom is -0.508 e. The van der Waals surface area contributed by atoms with Gasteiger partial charge in [0.1, 0.15) is 17.3 Å². The zero-order valence-corrected chi connectivity index (χ0v) is 25.5. The second kappa shape index (κ2) is 10.9. The number of carbonyl (C=O) groups excluding carboxylic acids is 2. The number of anilines is 1. The van der Waals surface area contributed by atoms with Gasteiger partial charge in [0.15, 0.2) is 0 Å². The van der Waals surface area contributed by atoms with Gasteiger partial charge < -0.3 is 9.84 Å². The van der Waals surface area contributed by atoms with Crippen LogP contribution >= 0.6 is 11.6 Å². The number of hydrazine groups is 1. The number of phenolic OH excluding ortho intramolecular Hbond substituents is 1. The van der Waals surface area contributed by atoms with Crippen LogP contribution in [0.2, 0.25) is 5.02 Å². The van der Waals surface area contributed by atoms with E-state index in [4.69, 9.17) is 11.6 Å². The summed E-state index contributed by atoms with van der Waals surface area (Å²) >= 11 is 6.21. The van der Waals surface area contributed by atoms with Gasteiger partial charge in [-0.1, -0.05) is 29.8 Å². The molecule has 3 aromatic carbocycles. The third-order valence-electron chi connectivity index (χ3n) is 9.25. The summed E-state index contributed by atoms with van der Waals surface area (Å²) in [4.78, 5) is 55.8. The molecule has 0 spiro atoms. The summed E-state index contributed by atoms with van der Waals surface area (Å²) in [5.41, 5.74) is -0.0302.